The van der Waals surface area contributed by atoms with Gasteiger partial charge in [0.15, 0.2) is 5.82 Å². The predicted molar refractivity (Wildman–Crippen MR) is 78.4 cm³/mol. The SMILES string of the molecule is COc1ccc([C@@H](C)O)c(OCc2ncnn2C(C)C)c1. The van der Waals surface area contributed by atoms with Gasteiger partial charge < -0.3 is 14.6 Å². The molecule has 0 aliphatic carbocycles. The second kappa shape index (κ2) is 6.58. The molecule has 0 bridgehead atoms. The number of nitrogens with zero attached hydrogens (tertiary/aromatic N) is 3. The van der Waals surface area contributed by atoms with E-state index < -0.39 is 6.10 Å². The van der Waals surface area contributed by atoms with Crippen LogP contribution < -0.4 is 9.47 Å². The van der Waals surface area contributed by atoms with Crippen molar-refractivity contribution in [2.45, 2.75) is 39.5 Å². The molecule has 1 aromatic carbocycles. The van der Waals surface area contributed by atoms with Crippen LogP contribution in [0, 0.1) is 0 Å². The van der Waals surface area contributed by atoms with E-state index in [2.05, 4.69) is 10.1 Å². The molecule has 0 fully saturated rings. The van der Waals surface area contributed by atoms with E-state index in [4.69, 9.17) is 9.47 Å². The largest absolute Gasteiger partial charge is 0.497 e. The molecular weight excluding hydrogens is 270 g/mol. The lowest BCUT2D eigenvalue weighted by molar-refractivity contribution is 0.188. The second-order valence-electron chi connectivity index (χ2n) is 5.08. The van der Waals surface area contributed by atoms with Crippen LogP contribution in [0.3, 0.4) is 0 Å². The minimum Gasteiger partial charge on any atom is -0.497 e. The third-order valence-corrected chi connectivity index (χ3v) is 3.16. The highest BCUT2D eigenvalue weighted by Gasteiger charge is 2.13. The topological polar surface area (TPSA) is 69.4 Å². The van der Waals surface area contributed by atoms with Crippen LogP contribution >= 0.6 is 0 Å². The summed E-state index contributed by atoms with van der Waals surface area (Å²) >= 11 is 0. The van der Waals surface area contributed by atoms with Gasteiger partial charge in [0, 0.05) is 17.7 Å². The fourth-order valence-electron chi connectivity index (χ4n) is 2.06. The molecule has 114 valence electrons. The average molecular weight is 291 g/mol. The Balaban J connectivity index is 2.20. The van der Waals surface area contributed by atoms with E-state index in [1.807, 2.05) is 18.5 Å². The summed E-state index contributed by atoms with van der Waals surface area (Å²) in [5.74, 6) is 2.01. The molecule has 0 radical (unpaired) electrons. The molecular formula is C15H21N3O3. The summed E-state index contributed by atoms with van der Waals surface area (Å²) in [7, 11) is 1.59. The summed E-state index contributed by atoms with van der Waals surface area (Å²) in [4.78, 5) is 4.20. The number of hydrogen-bond acceptors (Lipinski definition) is 5. The van der Waals surface area contributed by atoms with Crippen LogP contribution in [0.25, 0.3) is 0 Å². The van der Waals surface area contributed by atoms with Crippen LogP contribution in [-0.2, 0) is 6.61 Å². The number of aromatic nitrogens is 3. The van der Waals surface area contributed by atoms with E-state index in [1.165, 1.54) is 6.33 Å². The molecule has 2 rings (SSSR count). The lowest BCUT2D eigenvalue weighted by Crippen LogP contribution is -2.11. The Hall–Kier alpha value is -2.08. The molecule has 0 aliphatic heterocycles. The van der Waals surface area contributed by atoms with Crippen molar-refractivity contribution in [3.05, 3.63) is 35.9 Å². The molecule has 0 saturated heterocycles. The maximum atomic E-state index is 9.81. The number of benzene rings is 1. The number of hydrogen-bond donors (Lipinski definition) is 1. The lowest BCUT2D eigenvalue weighted by atomic mass is 10.1. The Labute approximate surface area is 124 Å². The van der Waals surface area contributed by atoms with Gasteiger partial charge in [0.25, 0.3) is 0 Å². The molecule has 2 aromatic rings. The van der Waals surface area contributed by atoms with E-state index in [9.17, 15) is 5.11 Å². The normalized spacial score (nSPS) is 12.5. The van der Waals surface area contributed by atoms with Crippen molar-refractivity contribution in [2.75, 3.05) is 7.11 Å². The smallest absolute Gasteiger partial charge is 0.165 e. The van der Waals surface area contributed by atoms with Crippen molar-refractivity contribution in [3.8, 4) is 11.5 Å². The molecule has 6 nitrogen and oxygen atoms in total. The van der Waals surface area contributed by atoms with Crippen molar-refractivity contribution in [2.24, 2.45) is 0 Å². The van der Waals surface area contributed by atoms with Crippen molar-refractivity contribution in [3.63, 3.8) is 0 Å². The summed E-state index contributed by atoms with van der Waals surface area (Å²) in [5.41, 5.74) is 0.714. The van der Waals surface area contributed by atoms with Crippen molar-refractivity contribution in [1.29, 1.82) is 0 Å². The van der Waals surface area contributed by atoms with Gasteiger partial charge in [-0.25, -0.2) is 9.67 Å². The van der Waals surface area contributed by atoms with Gasteiger partial charge in [-0.3, -0.25) is 0 Å². The molecule has 1 heterocycles. The van der Waals surface area contributed by atoms with Gasteiger partial charge in [-0.05, 0) is 32.9 Å². The average Bonchev–Trinajstić information content (AvgIpc) is 2.93. The summed E-state index contributed by atoms with van der Waals surface area (Å²) in [6.07, 6.45) is 0.897. The number of methoxy groups -OCH3 is 1. The second-order valence-corrected chi connectivity index (χ2v) is 5.08. The van der Waals surface area contributed by atoms with Gasteiger partial charge in [-0.2, -0.15) is 5.10 Å². The minimum absolute atomic E-state index is 0.215. The highest BCUT2D eigenvalue weighted by atomic mass is 16.5. The third-order valence-electron chi connectivity index (χ3n) is 3.16. The Morgan fingerprint density at radius 2 is 2.05 bits per heavy atom. The first-order valence-electron chi connectivity index (χ1n) is 6.90. The molecule has 0 spiro atoms. The van der Waals surface area contributed by atoms with Gasteiger partial charge in [-0.15, -0.1) is 0 Å². The van der Waals surface area contributed by atoms with E-state index >= 15 is 0 Å². The van der Waals surface area contributed by atoms with E-state index in [0.717, 1.165) is 5.82 Å². The number of rotatable bonds is 6. The maximum absolute atomic E-state index is 9.81. The molecule has 1 atom stereocenters. The zero-order chi connectivity index (χ0) is 15.4. The van der Waals surface area contributed by atoms with Crippen molar-refractivity contribution < 1.29 is 14.6 Å². The first-order valence-corrected chi connectivity index (χ1v) is 6.90. The standard InChI is InChI=1S/C15H21N3O3/c1-10(2)18-15(16-9-17-18)8-21-14-7-12(20-4)5-6-13(14)11(3)19/h5-7,9-11,19H,8H2,1-4H3/t11-/m1/s1. The Kier molecular flexibility index (Phi) is 4.80. The Morgan fingerprint density at radius 3 is 2.67 bits per heavy atom. The summed E-state index contributed by atoms with van der Waals surface area (Å²) in [6.45, 7) is 6.05. The van der Waals surface area contributed by atoms with Crippen LogP contribution in [-0.4, -0.2) is 27.0 Å². The Bertz CT molecular complexity index is 594. The van der Waals surface area contributed by atoms with Gasteiger partial charge in [0.2, 0.25) is 0 Å². The molecule has 0 amide bonds. The lowest BCUT2D eigenvalue weighted by Gasteiger charge is -2.15. The minimum atomic E-state index is -0.617. The van der Waals surface area contributed by atoms with Gasteiger partial charge in [0.1, 0.15) is 24.4 Å². The highest BCUT2D eigenvalue weighted by Crippen LogP contribution is 2.30. The van der Waals surface area contributed by atoms with Crippen LogP contribution in [0.1, 0.15) is 44.3 Å². The third kappa shape index (κ3) is 3.52. The van der Waals surface area contributed by atoms with Crippen molar-refractivity contribution in [1.82, 2.24) is 14.8 Å². The van der Waals surface area contributed by atoms with E-state index in [-0.39, 0.29) is 12.6 Å². The Morgan fingerprint density at radius 1 is 1.29 bits per heavy atom. The van der Waals surface area contributed by atoms with Crippen LogP contribution in [0.2, 0.25) is 0 Å². The fraction of sp³-hybridized carbons (Fsp3) is 0.467. The fourth-order valence-corrected chi connectivity index (χ4v) is 2.06. The molecule has 21 heavy (non-hydrogen) atoms. The van der Waals surface area contributed by atoms with E-state index in [0.29, 0.717) is 17.1 Å². The van der Waals surface area contributed by atoms with Crippen LogP contribution in [0.4, 0.5) is 0 Å². The molecule has 0 unspecified atom stereocenters. The van der Waals surface area contributed by atoms with Crippen LogP contribution in [0.5, 0.6) is 11.5 Å². The highest BCUT2D eigenvalue weighted by molar-refractivity contribution is 5.41. The zero-order valence-corrected chi connectivity index (χ0v) is 12.8. The summed E-state index contributed by atoms with van der Waals surface area (Å²) in [6, 6.07) is 5.57. The van der Waals surface area contributed by atoms with Gasteiger partial charge in [-0.1, -0.05) is 0 Å². The molecule has 0 saturated carbocycles. The molecule has 1 N–H and O–H groups in total. The predicted octanol–water partition coefficient (Wildman–Crippen LogP) is 2.50. The monoisotopic (exact) mass is 291 g/mol. The molecule has 1 aromatic heterocycles. The van der Waals surface area contributed by atoms with Crippen LogP contribution in [0.15, 0.2) is 24.5 Å². The molecule has 6 heteroatoms. The number of ether oxygens (including phenoxy) is 2. The number of aliphatic hydroxyl groups excluding tert-OH is 1. The molecule has 0 aliphatic rings. The first-order chi connectivity index (χ1) is 10.0. The first kappa shape index (κ1) is 15.3. The van der Waals surface area contributed by atoms with E-state index in [1.54, 1.807) is 32.2 Å². The summed E-state index contributed by atoms with van der Waals surface area (Å²) < 4.78 is 12.8. The van der Waals surface area contributed by atoms with Crippen molar-refractivity contribution >= 4 is 0 Å². The zero-order valence-electron chi connectivity index (χ0n) is 12.8. The summed E-state index contributed by atoms with van der Waals surface area (Å²) in [5, 5.41) is 14.0. The number of aliphatic hydroxyl groups is 1. The maximum Gasteiger partial charge on any atom is 0.165 e. The van der Waals surface area contributed by atoms with Gasteiger partial charge >= 0.3 is 0 Å². The quantitative estimate of drug-likeness (QED) is 0.885. The van der Waals surface area contributed by atoms with Gasteiger partial charge in [0.05, 0.1) is 13.2 Å².